The molecule has 3 aromatic rings. The summed E-state index contributed by atoms with van der Waals surface area (Å²) < 4.78 is 16.4. The van der Waals surface area contributed by atoms with Gasteiger partial charge in [0.05, 0.1) is 38.1 Å². The number of nitrogens with one attached hydrogen (secondary N) is 1. The maximum Gasteiger partial charge on any atom is 0.272 e. The third-order valence-corrected chi connectivity index (χ3v) is 5.92. The lowest BCUT2D eigenvalue weighted by Crippen LogP contribution is -2.20. The van der Waals surface area contributed by atoms with Gasteiger partial charge in [0.1, 0.15) is 0 Å². The first-order valence-corrected chi connectivity index (χ1v) is 11.2. The van der Waals surface area contributed by atoms with Crippen LogP contribution < -0.4 is 19.6 Å². The summed E-state index contributed by atoms with van der Waals surface area (Å²) in [5.41, 5.74) is 6.45. The smallest absolute Gasteiger partial charge is 0.272 e. The zero-order valence-corrected chi connectivity index (χ0v) is 19.3. The SMILES string of the molecule is COc1cc(-c2cc(C(=O)NN=C3CCCCCC3)c3ccccc3n2)cc(OC)c1OC. The molecule has 1 saturated carbocycles. The molecule has 0 spiro atoms. The lowest BCUT2D eigenvalue weighted by Gasteiger charge is -2.15. The van der Waals surface area contributed by atoms with Gasteiger partial charge in [-0.15, -0.1) is 0 Å². The number of ether oxygens (including phenoxy) is 3. The van der Waals surface area contributed by atoms with E-state index in [-0.39, 0.29) is 5.91 Å². The summed E-state index contributed by atoms with van der Waals surface area (Å²) in [6.45, 7) is 0. The van der Waals surface area contributed by atoms with E-state index >= 15 is 0 Å². The standard InChI is InChI=1S/C26H29N3O4/c1-31-23-14-17(15-24(32-2)25(23)33-3)22-16-20(19-12-8-9-13-21(19)27-22)26(30)29-28-18-10-6-4-5-7-11-18/h8-9,12-16H,4-7,10-11H2,1-3H3,(H,29,30). The number of amides is 1. The highest BCUT2D eigenvalue weighted by Crippen LogP contribution is 2.41. The molecule has 1 heterocycles. The fourth-order valence-electron chi connectivity index (χ4n) is 4.18. The highest BCUT2D eigenvalue weighted by Gasteiger charge is 2.18. The molecule has 0 unspecified atom stereocenters. The molecule has 0 aliphatic heterocycles. The number of hydrogen-bond acceptors (Lipinski definition) is 6. The van der Waals surface area contributed by atoms with Gasteiger partial charge >= 0.3 is 0 Å². The summed E-state index contributed by atoms with van der Waals surface area (Å²) in [5, 5.41) is 5.22. The van der Waals surface area contributed by atoms with Crippen LogP contribution in [-0.2, 0) is 0 Å². The van der Waals surface area contributed by atoms with Gasteiger partial charge in [0.25, 0.3) is 5.91 Å². The summed E-state index contributed by atoms with van der Waals surface area (Å²) >= 11 is 0. The number of carbonyl (C=O) groups is 1. The van der Waals surface area contributed by atoms with Crippen molar-refractivity contribution in [1.82, 2.24) is 10.4 Å². The van der Waals surface area contributed by atoms with Crippen LogP contribution in [0.25, 0.3) is 22.2 Å². The summed E-state index contributed by atoms with van der Waals surface area (Å²) in [5.74, 6) is 1.29. The predicted octanol–water partition coefficient (Wildman–Crippen LogP) is 5.37. The molecule has 1 fully saturated rings. The van der Waals surface area contributed by atoms with Gasteiger partial charge in [-0.3, -0.25) is 4.79 Å². The number of benzene rings is 2. The molecule has 2 aromatic carbocycles. The molecule has 0 saturated heterocycles. The molecule has 172 valence electrons. The Balaban J connectivity index is 1.76. The minimum atomic E-state index is -0.251. The second-order valence-corrected chi connectivity index (χ2v) is 8.02. The highest BCUT2D eigenvalue weighted by molar-refractivity contribution is 6.07. The van der Waals surface area contributed by atoms with Crippen molar-refractivity contribution in [3.8, 4) is 28.5 Å². The number of pyridine rings is 1. The number of para-hydroxylation sites is 1. The molecule has 1 aliphatic rings. The second kappa shape index (κ2) is 10.3. The fraction of sp³-hybridized carbons (Fsp3) is 0.346. The lowest BCUT2D eigenvalue weighted by atomic mass is 10.0. The molecule has 0 radical (unpaired) electrons. The maximum absolute atomic E-state index is 13.2. The highest BCUT2D eigenvalue weighted by atomic mass is 16.5. The van der Waals surface area contributed by atoms with Crippen molar-refractivity contribution in [3.05, 3.63) is 48.0 Å². The van der Waals surface area contributed by atoms with Crippen molar-refractivity contribution in [2.45, 2.75) is 38.5 Å². The summed E-state index contributed by atoms with van der Waals surface area (Å²) in [4.78, 5) is 18.0. The first-order chi connectivity index (χ1) is 16.1. The average Bonchev–Trinajstić information content (AvgIpc) is 3.14. The number of hydrazone groups is 1. The first-order valence-electron chi connectivity index (χ1n) is 11.2. The van der Waals surface area contributed by atoms with Gasteiger partial charge in [0.2, 0.25) is 5.75 Å². The topological polar surface area (TPSA) is 82.0 Å². The van der Waals surface area contributed by atoms with Crippen LogP contribution in [0.15, 0.2) is 47.6 Å². The predicted molar refractivity (Wildman–Crippen MR) is 129 cm³/mol. The Hall–Kier alpha value is -3.61. The van der Waals surface area contributed by atoms with E-state index in [4.69, 9.17) is 19.2 Å². The van der Waals surface area contributed by atoms with Crippen LogP contribution in [0.3, 0.4) is 0 Å². The number of rotatable bonds is 6. The molecule has 1 aromatic heterocycles. The normalized spacial score (nSPS) is 13.8. The summed E-state index contributed by atoms with van der Waals surface area (Å²) in [6, 6.07) is 13.0. The van der Waals surface area contributed by atoms with E-state index in [1.807, 2.05) is 36.4 Å². The van der Waals surface area contributed by atoms with Crippen LogP contribution in [0.5, 0.6) is 17.2 Å². The van der Waals surface area contributed by atoms with Crippen LogP contribution in [0.4, 0.5) is 0 Å². The molecule has 1 aliphatic carbocycles. The second-order valence-electron chi connectivity index (χ2n) is 8.02. The molecular weight excluding hydrogens is 418 g/mol. The van der Waals surface area contributed by atoms with E-state index in [2.05, 4.69) is 10.5 Å². The lowest BCUT2D eigenvalue weighted by molar-refractivity contribution is 0.0956. The van der Waals surface area contributed by atoms with E-state index in [9.17, 15) is 4.79 Å². The van der Waals surface area contributed by atoms with Crippen molar-refractivity contribution < 1.29 is 19.0 Å². The number of methoxy groups -OCH3 is 3. The molecule has 1 amide bonds. The van der Waals surface area contributed by atoms with Crippen molar-refractivity contribution in [1.29, 1.82) is 0 Å². The van der Waals surface area contributed by atoms with Crippen molar-refractivity contribution in [2.24, 2.45) is 5.10 Å². The molecule has 0 bridgehead atoms. The van der Waals surface area contributed by atoms with Crippen LogP contribution in [-0.4, -0.2) is 37.9 Å². The Kier molecular flexibility index (Phi) is 7.07. The fourth-order valence-corrected chi connectivity index (χ4v) is 4.18. The Bertz CT molecular complexity index is 1150. The van der Waals surface area contributed by atoms with Crippen molar-refractivity contribution in [3.63, 3.8) is 0 Å². The molecule has 7 heteroatoms. The third-order valence-electron chi connectivity index (χ3n) is 5.92. The number of fused-ring (bicyclic) bond motifs is 1. The van der Waals surface area contributed by atoms with Gasteiger partial charge in [0, 0.05) is 16.7 Å². The van der Waals surface area contributed by atoms with E-state index in [1.165, 1.54) is 12.8 Å². The molecule has 1 N–H and O–H groups in total. The number of aromatic nitrogens is 1. The molecular formula is C26H29N3O4. The van der Waals surface area contributed by atoms with Gasteiger partial charge < -0.3 is 14.2 Å². The third kappa shape index (κ3) is 4.92. The Labute approximate surface area is 193 Å². The van der Waals surface area contributed by atoms with Crippen LogP contribution >= 0.6 is 0 Å². The van der Waals surface area contributed by atoms with Crippen LogP contribution in [0.1, 0.15) is 48.9 Å². The number of carbonyl (C=O) groups excluding carboxylic acids is 1. The molecule has 7 nitrogen and oxygen atoms in total. The zero-order chi connectivity index (χ0) is 23.2. The van der Waals surface area contributed by atoms with E-state index in [0.717, 1.165) is 47.9 Å². The van der Waals surface area contributed by atoms with Gasteiger partial charge in [-0.1, -0.05) is 31.0 Å². The largest absolute Gasteiger partial charge is 0.493 e. The Morgan fingerprint density at radius 3 is 2.21 bits per heavy atom. The summed E-state index contributed by atoms with van der Waals surface area (Å²) in [6.07, 6.45) is 6.57. The van der Waals surface area contributed by atoms with Gasteiger partial charge in [0.15, 0.2) is 11.5 Å². The minimum Gasteiger partial charge on any atom is -0.493 e. The zero-order valence-electron chi connectivity index (χ0n) is 19.3. The van der Waals surface area contributed by atoms with Gasteiger partial charge in [-0.25, -0.2) is 10.4 Å². The molecule has 4 rings (SSSR count). The average molecular weight is 448 g/mol. The van der Waals surface area contributed by atoms with E-state index in [0.29, 0.717) is 28.5 Å². The number of hydrogen-bond donors (Lipinski definition) is 1. The van der Waals surface area contributed by atoms with Gasteiger partial charge in [-0.05, 0) is 49.9 Å². The van der Waals surface area contributed by atoms with Crippen molar-refractivity contribution >= 4 is 22.5 Å². The number of nitrogens with zero attached hydrogens (tertiary/aromatic N) is 2. The molecule has 33 heavy (non-hydrogen) atoms. The Morgan fingerprint density at radius 1 is 0.909 bits per heavy atom. The Morgan fingerprint density at radius 2 is 1.58 bits per heavy atom. The quantitative estimate of drug-likeness (QED) is 0.406. The van der Waals surface area contributed by atoms with Crippen molar-refractivity contribution in [2.75, 3.05) is 21.3 Å². The van der Waals surface area contributed by atoms with E-state index < -0.39 is 0 Å². The van der Waals surface area contributed by atoms with E-state index in [1.54, 1.807) is 27.4 Å². The maximum atomic E-state index is 13.2. The molecule has 0 atom stereocenters. The minimum absolute atomic E-state index is 0.251. The first kappa shape index (κ1) is 22.6. The summed E-state index contributed by atoms with van der Waals surface area (Å²) in [7, 11) is 4.70. The van der Waals surface area contributed by atoms with Crippen LogP contribution in [0.2, 0.25) is 0 Å². The van der Waals surface area contributed by atoms with Gasteiger partial charge in [-0.2, -0.15) is 5.10 Å². The monoisotopic (exact) mass is 447 g/mol. The van der Waals surface area contributed by atoms with Crippen LogP contribution in [0, 0.1) is 0 Å².